The highest BCUT2D eigenvalue weighted by atomic mass is 32.2. The summed E-state index contributed by atoms with van der Waals surface area (Å²) in [5.41, 5.74) is 0.330. The Morgan fingerprint density at radius 2 is 2.22 bits per heavy atom. The first-order valence-electron chi connectivity index (χ1n) is 5.02. The highest BCUT2D eigenvalue weighted by molar-refractivity contribution is 7.88. The highest BCUT2D eigenvalue weighted by Crippen LogP contribution is 2.13. The average Bonchev–Trinajstić information content (AvgIpc) is 2.64. The van der Waals surface area contributed by atoms with Gasteiger partial charge >= 0.3 is 5.97 Å². The van der Waals surface area contributed by atoms with E-state index in [1.165, 1.54) is 0 Å². The number of hydrogen-bond donors (Lipinski definition) is 2. The van der Waals surface area contributed by atoms with Gasteiger partial charge in [-0.25, -0.2) is 22.9 Å². The van der Waals surface area contributed by atoms with Crippen molar-refractivity contribution in [3.63, 3.8) is 0 Å². The Morgan fingerprint density at radius 1 is 1.50 bits per heavy atom. The summed E-state index contributed by atoms with van der Waals surface area (Å²) in [7, 11) is -3.35. The van der Waals surface area contributed by atoms with Gasteiger partial charge in [0.15, 0.2) is 5.69 Å². The minimum absolute atomic E-state index is 0.0582. The van der Waals surface area contributed by atoms with Crippen molar-refractivity contribution in [2.45, 2.75) is 6.54 Å². The smallest absolute Gasteiger partial charge is 0.356 e. The molecule has 0 aliphatic carbocycles. The second-order valence-electron chi connectivity index (χ2n) is 3.73. The number of carbonyl (C=O) groups is 1. The molecule has 0 saturated carbocycles. The molecule has 0 amide bonds. The Kier molecular flexibility index (Phi) is 3.05. The van der Waals surface area contributed by atoms with Gasteiger partial charge in [0.25, 0.3) is 0 Å². The third-order valence-corrected chi connectivity index (χ3v) is 2.99. The monoisotopic (exact) mass is 269 g/mol. The largest absolute Gasteiger partial charge is 0.476 e. The van der Waals surface area contributed by atoms with Crippen molar-refractivity contribution in [2.75, 3.05) is 6.26 Å². The van der Waals surface area contributed by atoms with Gasteiger partial charge in [-0.3, -0.25) is 0 Å². The van der Waals surface area contributed by atoms with E-state index in [1.54, 1.807) is 28.8 Å². The molecular formula is C10H11N3O4S. The minimum Gasteiger partial charge on any atom is -0.476 e. The van der Waals surface area contributed by atoms with Crippen LogP contribution in [0.3, 0.4) is 0 Å². The summed E-state index contributed by atoms with van der Waals surface area (Å²) >= 11 is 0. The number of carboxylic acids is 1. The normalized spacial score (nSPS) is 11.8. The Morgan fingerprint density at radius 3 is 2.83 bits per heavy atom. The maximum Gasteiger partial charge on any atom is 0.356 e. The Bertz CT molecular complexity index is 705. The molecule has 0 spiro atoms. The van der Waals surface area contributed by atoms with Gasteiger partial charge in [0.2, 0.25) is 10.0 Å². The van der Waals surface area contributed by atoms with Crippen LogP contribution in [0, 0.1) is 0 Å². The van der Waals surface area contributed by atoms with E-state index < -0.39 is 16.0 Å². The van der Waals surface area contributed by atoms with E-state index in [4.69, 9.17) is 5.11 Å². The van der Waals surface area contributed by atoms with Crippen LogP contribution in [0.4, 0.5) is 0 Å². The van der Waals surface area contributed by atoms with Crippen molar-refractivity contribution in [2.24, 2.45) is 0 Å². The number of hydrogen-bond acceptors (Lipinski definition) is 4. The summed E-state index contributed by atoms with van der Waals surface area (Å²) in [5.74, 6) is -0.822. The predicted octanol–water partition coefficient (Wildman–Crippen LogP) is 0.0817. The lowest BCUT2D eigenvalue weighted by Crippen LogP contribution is -2.22. The van der Waals surface area contributed by atoms with Gasteiger partial charge in [0.1, 0.15) is 5.82 Å². The molecule has 7 nitrogen and oxygen atoms in total. The molecule has 0 saturated heterocycles. The van der Waals surface area contributed by atoms with E-state index >= 15 is 0 Å². The van der Waals surface area contributed by atoms with Crippen LogP contribution in [0.25, 0.3) is 5.52 Å². The zero-order chi connectivity index (χ0) is 13.3. The minimum atomic E-state index is -3.35. The molecule has 0 atom stereocenters. The SMILES string of the molecule is CS(=O)(=O)NCc1nc(C(=O)O)c2ccccn12. The van der Waals surface area contributed by atoms with E-state index in [-0.39, 0.29) is 12.2 Å². The molecule has 0 bridgehead atoms. The molecule has 8 heteroatoms. The summed E-state index contributed by atoms with van der Waals surface area (Å²) < 4.78 is 25.9. The van der Waals surface area contributed by atoms with Crippen LogP contribution in [0.1, 0.15) is 16.3 Å². The molecule has 2 N–H and O–H groups in total. The third-order valence-electron chi connectivity index (χ3n) is 2.32. The quantitative estimate of drug-likeness (QED) is 0.818. The van der Waals surface area contributed by atoms with E-state index in [0.717, 1.165) is 6.26 Å². The first-order valence-corrected chi connectivity index (χ1v) is 6.91. The fourth-order valence-corrected chi connectivity index (χ4v) is 1.97. The van der Waals surface area contributed by atoms with Crippen LogP contribution in [-0.4, -0.2) is 35.1 Å². The van der Waals surface area contributed by atoms with Crippen molar-refractivity contribution in [1.29, 1.82) is 0 Å². The number of nitrogens with zero attached hydrogens (tertiary/aromatic N) is 2. The second kappa shape index (κ2) is 4.39. The van der Waals surface area contributed by atoms with Crippen molar-refractivity contribution in [1.82, 2.24) is 14.1 Å². The van der Waals surface area contributed by atoms with Crippen LogP contribution in [0.2, 0.25) is 0 Å². The van der Waals surface area contributed by atoms with E-state index in [1.807, 2.05) is 0 Å². The maximum absolute atomic E-state index is 11.0. The molecule has 0 radical (unpaired) electrons. The van der Waals surface area contributed by atoms with Crippen molar-refractivity contribution < 1.29 is 18.3 Å². The number of pyridine rings is 1. The van der Waals surface area contributed by atoms with Gasteiger partial charge in [-0.2, -0.15) is 0 Å². The average molecular weight is 269 g/mol. The molecule has 2 aromatic heterocycles. The molecule has 0 fully saturated rings. The number of sulfonamides is 1. The number of imidazole rings is 1. The van der Waals surface area contributed by atoms with Gasteiger partial charge in [0, 0.05) is 6.20 Å². The number of rotatable bonds is 4. The fraction of sp³-hybridized carbons (Fsp3) is 0.200. The Balaban J connectivity index is 2.48. The number of fused-ring (bicyclic) bond motifs is 1. The topological polar surface area (TPSA) is 101 Å². The summed E-state index contributed by atoms with van der Waals surface area (Å²) in [4.78, 5) is 14.9. The van der Waals surface area contributed by atoms with Crippen LogP contribution < -0.4 is 4.72 Å². The van der Waals surface area contributed by atoms with Crippen LogP contribution >= 0.6 is 0 Å². The van der Waals surface area contributed by atoms with E-state index in [2.05, 4.69) is 9.71 Å². The van der Waals surface area contributed by atoms with Gasteiger partial charge < -0.3 is 9.51 Å². The molecule has 0 aliphatic heterocycles. The third kappa shape index (κ3) is 2.49. The van der Waals surface area contributed by atoms with Gasteiger partial charge in [-0.15, -0.1) is 0 Å². The number of aromatic carboxylic acids is 1. The molecule has 2 heterocycles. The molecule has 0 unspecified atom stereocenters. The first-order chi connectivity index (χ1) is 8.38. The molecule has 2 rings (SSSR count). The zero-order valence-electron chi connectivity index (χ0n) is 9.49. The van der Waals surface area contributed by atoms with Gasteiger partial charge in [-0.05, 0) is 12.1 Å². The molecular weight excluding hydrogens is 258 g/mol. The van der Waals surface area contributed by atoms with Crippen LogP contribution in [0.5, 0.6) is 0 Å². The lowest BCUT2D eigenvalue weighted by molar-refractivity contribution is 0.0693. The molecule has 18 heavy (non-hydrogen) atoms. The summed E-state index contributed by atoms with van der Waals surface area (Å²) in [6.45, 7) is -0.0582. The van der Waals surface area contributed by atoms with Gasteiger partial charge in [-0.1, -0.05) is 6.07 Å². The lowest BCUT2D eigenvalue weighted by Gasteiger charge is -2.01. The molecule has 96 valence electrons. The molecule has 2 aromatic rings. The van der Waals surface area contributed by atoms with Crippen molar-refractivity contribution in [3.8, 4) is 0 Å². The molecule has 0 aromatic carbocycles. The Labute approximate surface area is 103 Å². The van der Waals surface area contributed by atoms with Crippen LogP contribution in [-0.2, 0) is 16.6 Å². The summed E-state index contributed by atoms with van der Waals surface area (Å²) in [6, 6.07) is 5.02. The summed E-state index contributed by atoms with van der Waals surface area (Å²) in [6.07, 6.45) is 2.66. The maximum atomic E-state index is 11.0. The van der Waals surface area contributed by atoms with Crippen LogP contribution in [0.15, 0.2) is 24.4 Å². The van der Waals surface area contributed by atoms with Crippen molar-refractivity contribution in [3.05, 3.63) is 35.9 Å². The molecule has 0 aliphatic rings. The lowest BCUT2D eigenvalue weighted by atomic mass is 10.3. The highest BCUT2D eigenvalue weighted by Gasteiger charge is 2.16. The Hall–Kier alpha value is -1.93. The predicted molar refractivity (Wildman–Crippen MR) is 63.8 cm³/mol. The second-order valence-corrected chi connectivity index (χ2v) is 5.56. The summed E-state index contributed by atoms with van der Waals surface area (Å²) in [5, 5.41) is 9.01. The van der Waals surface area contributed by atoms with E-state index in [9.17, 15) is 13.2 Å². The number of nitrogens with one attached hydrogen (secondary N) is 1. The zero-order valence-corrected chi connectivity index (χ0v) is 10.3. The first kappa shape index (κ1) is 12.5. The number of carboxylic acid groups (broad SMARTS) is 1. The van der Waals surface area contributed by atoms with E-state index in [0.29, 0.717) is 11.3 Å². The van der Waals surface area contributed by atoms with Gasteiger partial charge in [0.05, 0.1) is 18.3 Å². The van der Waals surface area contributed by atoms with Crippen molar-refractivity contribution >= 4 is 21.5 Å². The number of aromatic nitrogens is 2. The standard InChI is InChI=1S/C10H11N3O4S/c1-18(16,17)11-6-8-12-9(10(14)15)7-4-2-3-5-13(7)8/h2-5,11H,6H2,1H3,(H,14,15). The fourth-order valence-electron chi connectivity index (χ4n) is 1.58.